The van der Waals surface area contributed by atoms with Crippen molar-refractivity contribution in [2.75, 3.05) is 11.3 Å². The first-order chi connectivity index (χ1) is 11.7. The predicted octanol–water partition coefficient (Wildman–Crippen LogP) is 3.23. The number of nitro groups is 1. The van der Waals surface area contributed by atoms with Gasteiger partial charge in [-0.15, -0.1) is 0 Å². The Morgan fingerprint density at radius 2 is 1.88 bits per heavy atom. The molecular weight excluding hydrogens is 372 g/mol. The Bertz CT molecular complexity index is 912. The van der Waals surface area contributed by atoms with E-state index < -0.39 is 20.9 Å². The molecule has 0 heterocycles. The molecule has 0 aliphatic heterocycles. The number of hydrogen-bond acceptors (Lipinski definition) is 6. The third kappa shape index (κ3) is 4.46. The number of carbonyl (C=O) groups excluding carboxylic acids is 1. The quantitative estimate of drug-likeness (QED) is 0.464. The van der Waals surface area contributed by atoms with E-state index in [2.05, 4.69) is 4.72 Å². The minimum absolute atomic E-state index is 0.0300. The van der Waals surface area contributed by atoms with Crippen LogP contribution >= 0.6 is 11.6 Å². The molecule has 0 bridgehead atoms. The Morgan fingerprint density at radius 1 is 1.24 bits per heavy atom. The fourth-order valence-corrected chi connectivity index (χ4v) is 3.22. The monoisotopic (exact) mass is 384 g/mol. The molecule has 0 atom stereocenters. The molecule has 0 aliphatic carbocycles. The van der Waals surface area contributed by atoms with Crippen LogP contribution in [-0.2, 0) is 14.8 Å². The third-order valence-electron chi connectivity index (χ3n) is 3.07. The number of rotatable bonds is 6. The van der Waals surface area contributed by atoms with E-state index in [1.165, 1.54) is 18.2 Å². The summed E-state index contributed by atoms with van der Waals surface area (Å²) in [6.07, 6.45) is 0. The molecule has 25 heavy (non-hydrogen) atoms. The topological polar surface area (TPSA) is 116 Å². The highest BCUT2D eigenvalue weighted by Gasteiger charge is 2.18. The van der Waals surface area contributed by atoms with E-state index in [-0.39, 0.29) is 33.5 Å². The van der Waals surface area contributed by atoms with Crippen molar-refractivity contribution < 1.29 is 22.9 Å². The minimum Gasteiger partial charge on any atom is -0.462 e. The predicted molar refractivity (Wildman–Crippen MR) is 91.3 cm³/mol. The van der Waals surface area contributed by atoms with E-state index >= 15 is 0 Å². The molecule has 0 radical (unpaired) electrons. The molecule has 0 aliphatic rings. The fraction of sp³-hybridized carbons (Fsp3) is 0.133. The molecular formula is C15H13ClN2O6S. The van der Waals surface area contributed by atoms with Gasteiger partial charge < -0.3 is 4.74 Å². The molecule has 132 valence electrons. The van der Waals surface area contributed by atoms with E-state index in [1.807, 2.05) is 0 Å². The van der Waals surface area contributed by atoms with Crippen molar-refractivity contribution in [2.45, 2.75) is 11.8 Å². The zero-order valence-corrected chi connectivity index (χ0v) is 14.5. The highest BCUT2D eigenvalue weighted by Crippen LogP contribution is 2.24. The third-order valence-corrected chi connectivity index (χ3v) is 4.78. The van der Waals surface area contributed by atoms with Crippen LogP contribution in [0.25, 0.3) is 0 Å². The van der Waals surface area contributed by atoms with Crippen molar-refractivity contribution >= 4 is 39.0 Å². The van der Waals surface area contributed by atoms with Gasteiger partial charge in [0.15, 0.2) is 0 Å². The lowest BCUT2D eigenvalue weighted by molar-refractivity contribution is -0.384. The Hall–Kier alpha value is -2.65. The number of ether oxygens (including phenoxy) is 1. The van der Waals surface area contributed by atoms with Gasteiger partial charge in [0.2, 0.25) is 0 Å². The molecule has 0 aromatic heterocycles. The average Bonchev–Trinajstić information content (AvgIpc) is 2.54. The first-order valence-electron chi connectivity index (χ1n) is 6.98. The molecule has 0 fully saturated rings. The number of halogens is 1. The largest absolute Gasteiger partial charge is 0.462 e. The van der Waals surface area contributed by atoms with Gasteiger partial charge in [-0.05, 0) is 37.3 Å². The van der Waals surface area contributed by atoms with Gasteiger partial charge in [-0.2, -0.15) is 0 Å². The second kappa shape index (κ2) is 7.49. The molecule has 2 aromatic carbocycles. The molecule has 2 rings (SSSR count). The maximum atomic E-state index is 12.3. The van der Waals surface area contributed by atoms with Crippen molar-refractivity contribution in [3.8, 4) is 0 Å². The fourth-order valence-electron chi connectivity index (χ4n) is 1.91. The zero-order valence-electron chi connectivity index (χ0n) is 12.9. The summed E-state index contributed by atoms with van der Waals surface area (Å²) in [5.74, 6) is -0.614. The molecule has 8 nitrogen and oxygen atoms in total. The molecule has 0 spiro atoms. The van der Waals surface area contributed by atoms with Crippen LogP contribution < -0.4 is 4.72 Å². The van der Waals surface area contributed by atoms with Crippen molar-refractivity contribution in [3.05, 3.63) is 63.2 Å². The second-order valence-electron chi connectivity index (χ2n) is 4.77. The zero-order chi connectivity index (χ0) is 18.6. The van der Waals surface area contributed by atoms with Crippen LogP contribution in [0.15, 0.2) is 47.4 Å². The van der Waals surface area contributed by atoms with Gasteiger partial charge in [-0.25, -0.2) is 13.2 Å². The van der Waals surface area contributed by atoms with Crippen LogP contribution in [0.4, 0.5) is 11.4 Å². The summed E-state index contributed by atoms with van der Waals surface area (Å²) in [5.41, 5.74) is 0.0268. The van der Waals surface area contributed by atoms with E-state index in [1.54, 1.807) is 6.92 Å². The highest BCUT2D eigenvalue weighted by molar-refractivity contribution is 7.92. The van der Waals surface area contributed by atoms with Gasteiger partial charge in [-0.1, -0.05) is 11.6 Å². The number of benzene rings is 2. The Kier molecular flexibility index (Phi) is 5.60. The number of hydrogen-bond donors (Lipinski definition) is 1. The van der Waals surface area contributed by atoms with E-state index in [0.29, 0.717) is 0 Å². The summed E-state index contributed by atoms with van der Waals surface area (Å²) in [7, 11) is -3.96. The molecule has 2 aromatic rings. The average molecular weight is 385 g/mol. The lowest BCUT2D eigenvalue weighted by atomic mass is 10.2. The van der Waals surface area contributed by atoms with Crippen LogP contribution in [0.5, 0.6) is 0 Å². The normalized spacial score (nSPS) is 11.0. The second-order valence-corrected chi connectivity index (χ2v) is 6.86. The van der Waals surface area contributed by atoms with Crippen molar-refractivity contribution in [2.24, 2.45) is 0 Å². The van der Waals surface area contributed by atoms with Crippen molar-refractivity contribution in [1.29, 1.82) is 0 Å². The number of nitro benzene ring substituents is 1. The number of sulfonamides is 1. The smallest absolute Gasteiger partial charge is 0.339 e. The molecule has 1 N–H and O–H groups in total. The Balaban J connectivity index is 2.24. The van der Waals surface area contributed by atoms with Gasteiger partial charge in [-0.3, -0.25) is 14.8 Å². The summed E-state index contributed by atoms with van der Waals surface area (Å²) in [6.45, 7) is 1.84. The lowest BCUT2D eigenvalue weighted by Gasteiger charge is -2.10. The van der Waals surface area contributed by atoms with Crippen LogP contribution in [0.2, 0.25) is 5.02 Å². The van der Waals surface area contributed by atoms with Crippen molar-refractivity contribution in [1.82, 2.24) is 0 Å². The molecule has 10 heteroatoms. The summed E-state index contributed by atoms with van der Waals surface area (Å²) < 4.78 is 31.7. The maximum Gasteiger partial charge on any atom is 0.339 e. The number of nitrogens with zero attached hydrogens (tertiary/aromatic N) is 1. The number of non-ortho nitro benzene ring substituents is 1. The molecule has 0 unspecified atom stereocenters. The molecule has 0 saturated heterocycles. The van der Waals surface area contributed by atoms with E-state index in [0.717, 1.165) is 24.3 Å². The molecule has 0 saturated carbocycles. The van der Waals surface area contributed by atoms with Crippen LogP contribution in [0, 0.1) is 10.1 Å². The highest BCUT2D eigenvalue weighted by atomic mass is 35.5. The summed E-state index contributed by atoms with van der Waals surface area (Å²) in [5, 5.41) is 10.6. The number of carbonyl (C=O) groups is 1. The summed E-state index contributed by atoms with van der Waals surface area (Å²) in [4.78, 5) is 21.5. The SMILES string of the molecule is CCOC(=O)c1ccc(NS(=O)(=O)c2ccc([N+](=O)[O-])cc2)cc1Cl. The van der Waals surface area contributed by atoms with Gasteiger partial charge in [0.1, 0.15) is 0 Å². The first-order valence-corrected chi connectivity index (χ1v) is 8.84. The number of esters is 1. The molecule has 0 amide bonds. The van der Waals surface area contributed by atoms with E-state index in [9.17, 15) is 23.3 Å². The summed E-state index contributed by atoms with van der Waals surface area (Å²) in [6, 6.07) is 8.40. The van der Waals surface area contributed by atoms with Crippen molar-refractivity contribution in [3.63, 3.8) is 0 Å². The van der Waals surface area contributed by atoms with Crippen LogP contribution in [-0.4, -0.2) is 25.9 Å². The van der Waals surface area contributed by atoms with Gasteiger partial charge in [0.05, 0.1) is 32.7 Å². The Morgan fingerprint density at radius 3 is 2.40 bits per heavy atom. The summed E-state index contributed by atoms with van der Waals surface area (Å²) >= 11 is 5.98. The van der Waals surface area contributed by atoms with Gasteiger partial charge in [0.25, 0.3) is 15.7 Å². The van der Waals surface area contributed by atoms with E-state index in [4.69, 9.17) is 16.3 Å². The number of nitrogens with one attached hydrogen (secondary N) is 1. The van der Waals surface area contributed by atoms with Gasteiger partial charge in [0, 0.05) is 12.1 Å². The lowest BCUT2D eigenvalue weighted by Crippen LogP contribution is -2.13. The standard InChI is InChI=1S/C15H13ClN2O6S/c1-2-24-15(19)13-8-3-10(9-14(13)16)17-25(22,23)12-6-4-11(5-7-12)18(20)21/h3-9,17H,2H2,1H3. The van der Waals surface area contributed by atoms with Crippen LogP contribution in [0.1, 0.15) is 17.3 Å². The van der Waals surface area contributed by atoms with Gasteiger partial charge >= 0.3 is 5.97 Å². The van der Waals surface area contributed by atoms with Crippen LogP contribution in [0.3, 0.4) is 0 Å². The Labute approximate surface area is 148 Å². The first kappa shape index (κ1) is 18.7. The number of anilines is 1. The maximum absolute atomic E-state index is 12.3. The minimum atomic E-state index is -3.96.